The topological polar surface area (TPSA) is 98.9 Å². The molecule has 33 heavy (non-hydrogen) atoms. The van der Waals surface area contributed by atoms with E-state index in [-0.39, 0.29) is 26.2 Å². The number of rotatable bonds is 8. The van der Waals surface area contributed by atoms with E-state index in [0.717, 1.165) is 6.42 Å². The fourth-order valence-corrected chi connectivity index (χ4v) is 1.67. The van der Waals surface area contributed by atoms with Gasteiger partial charge in [-0.05, 0) is 6.42 Å². The molecule has 0 aromatic carbocycles. The minimum atomic E-state index is -0.556. The van der Waals surface area contributed by atoms with E-state index in [0.29, 0.717) is 0 Å². The Kier molecular flexibility index (Phi) is 63.8. The first kappa shape index (κ1) is 42.9. The molecule has 0 N–H and O–H groups in total. The molecule has 0 radical (unpaired) electrons. The number of halogens is 4. The van der Waals surface area contributed by atoms with Crippen LogP contribution in [0.2, 0.25) is 0 Å². The van der Waals surface area contributed by atoms with Crippen molar-refractivity contribution in [2.24, 2.45) is 51.8 Å². The van der Waals surface area contributed by atoms with Crippen LogP contribution in [0, 0.1) is 11.8 Å². The van der Waals surface area contributed by atoms with Gasteiger partial charge in [0.05, 0.1) is 0 Å². The summed E-state index contributed by atoms with van der Waals surface area (Å²) in [5.74, 6) is 0.502. The Morgan fingerprint density at radius 2 is 0.727 bits per heavy atom. The summed E-state index contributed by atoms with van der Waals surface area (Å²) < 4.78 is 0. The van der Waals surface area contributed by atoms with Crippen molar-refractivity contribution in [2.75, 3.05) is 56.4 Å². The number of hydrogen-bond donors (Lipinski definition) is 0. The van der Waals surface area contributed by atoms with Crippen LogP contribution in [0.4, 0.5) is 0 Å². The molecule has 0 amide bonds. The molecule has 0 saturated carbocycles. The molecule has 0 spiro atoms. The Hall–Kier alpha value is -0.181. The molecule has 0 aliphatic rings. The first-order valence-electron chi connectivity index (χ1n) is 9.18. The molecule has 14 heteroatoms. The summed E-state index contributed by atoms with van der Waals surface area (Å²) in [4.78, 5) is 30.7. The van der Waals surface area contributed by atoms with Gasteiger partial charge in [-0.2, -0.15) is 0 Å². The fourth-order valence-electron chi connectivity index (χ4n) is 1.67. The summed E-state index contributed by atoms with van der Waals surface area (Å²) in [6.07, 6.45) is 15.0. The zero-order chi connectivity index (χ0) is 26.6. The predicted molar refractivity (Wildman–Crippen MR) is 150 cm³/mol. The zero-order valence-electron chi connectivity index (χ0n) is 20.5. The molecule has 0 saturated heterocycles. The van der Waals surface area contributed by atoms with Gasteiger partial charge in [-0.1, -0.05) is 0 Å². The second kappa shape index (κ2) is 49.1. The molecular weight excluding hydrogens is 581 g/mol. The van der Waals surface area contributed by atoms with E-state index >= 15 is 0 Å². The van der Waals surface area contributed by atoms with Crippen molar-refractivity contribution >= 4 is 88.0 Å². The van der Waals surface area contributed by atoms with Gasteiger partial charge in [-0.3, -0.25) is 20.0 Å². The molecule has 0 aliphatic carbocycles. The molecule has 0 atom stereocenters. The molecule has 0 aromatic rings. The molecule has 0 heterocycles. The summed E-state index contributed by atoms with van der Waals surface area (Å²) in [6.45, 7) is 0. The van der Waals surface area contributed by atoms with Crippen molar-refractivity contribution in [2.45, 2.75) is 6.42 Å². The Labute approximate surface area is 232 Å². The molecule has 0 rings (SSSR count). The molecule has 0 bridgehead atoms. The van der Waals surface area contributed by atoms with Crippen LogP contribution >= 0.6 is 38.3 Å². The van der Waals surface area contributed by atoms with Crippen molar-refractivity contribution in [3.05, 3.63) is 0 Å². The molecule has 0 unspecified atom stereocenters. The van der Waals surface area contributed by atoms with Gasteiger partial charge in [0.2, 0.25) is 0 Å². The van der Waals surface area contributed by atoms with E-state index in [4.69, 9.17) is 38.3 Å². The summed E-state index contributed by atoms with van der Waals surface area (Å²) >= 11 is -0.924. The van der Waals surface area contributed by atoms with Crippen LogP contribution < -0.4 is 0 Å². The SMILES string of the molecule is CN=CC(C=NC)CC(C=NC)C=NC.CN=CC=NC.CN=CC=NC.[Cl][Ti][Cl].[Cl][V][Cl]. The van der Waals surface area contributed by atoms with E-state index < -0.39 is 17.0 Å². The second-order valence-electron chi connectivity index (χ2n) is 4.96. The van der Waals surface area contributed by atoms with Gasteiger partial charge in [0.15, 0.2) is 0 Å². The van der Waals surface area contributed by atoms with Crippen molar-refractivity contribution in [3.8, 4) is 0 Å². The summed E-state index contributed by atoms with van der Waals surface area (Å²) in [5, 5.41) is 0. The summed E-state index contributed by atoms with van der Waals surface area (Å²) in [6, 6.07) is 0. The average Bonchev–Trinajstić information content (AvgIpc) is 2.79. The molecule has 8 nitrogen and oxygen atoms in total. The molecule has 0 aromatic heterocycles. The van der Waals surface area contributed by atoms with Crippen LogP contribution in [0.15, 0.2) is 39.9 Å². The van der Waals surface area contributed by atoms with E-state index in [9.17, 15) is 0 Å². The van der Waals surface area contributed by atoms with Gasteiger partial charge in [0.25, 0.3) is 0 Å². The minimum absolute atomic E-state index is 0.251. The molecule has 189 valence electrons. The fraction of sp³-hybridized carbons (Fsp3) is 0.579. The van der Waals surface area contributed by atoms with Crippen LogP contribution in [0.25, 0.3) is 0 Å². The van der Waals surface area contributed by atoms with Gasteiger partial charge in [0.1, 0.15) is 0 Å². The van der Waals surface area contributed by atoms with E-state index in [1.165, 1.54) is 0 Å². The van der Waals surface area contributed by atoms with Gasteiger partial charge in [0, 0.05) is 118 Å². The number of hydrogen-bond acceptors (Lipinski definition) is 8. The van der Waals surface area contributed by atoms with Crippen LogP contribution in [-0.4, -0.2) is 106 Å². The third-order valence-corrected chi connectivity index (χ3v) is 2.64. The average molecular weight is 617 g/mol. The van der Waals surface area contributed by atoms with Crippen molar-refractivity contribution in [3.63, 3.8) is 0 Å². The van der Waals surface area contributed by atoms with Crippen LogP contribution in [0.5, 0.6) is 0 Å². The third kappa shape index (κ3) is 59.4. The van der Waals surface area contributed by atoms with Gasteiger partial charge in [-0.15, -0.1) is 0 Å². The molecular formula is C19H36Cl4N8TiV. The third-order valence-electron chi connectivity index (χ3n) is 2.64. The van der Waals surface area contributed by atoms with Gasteiger partial charge >= 0.3 is 69.7 Å². The standard InChI is InChI=1S/C11H20N4.2C4H8N2.4ClH.Ti.V/c1-12-6-10(7-13-2)5-11(8-14-3)9-15-4;2*1-5-3-4-6-2;;;;;;/h6-11H,5H2,1-4H3;2*3-4H,1-2H3;4*1H;;/q;;;;;;;2*+2/p-4. The van der Waals surface area contributed by atoms with Gasteiger partial charge in [-0.25, -0.2) is 0 Å². The molecule has 0 aliphatic heterocycles. The van der Waals surface area contributed by atoms with Crippen LogP contribution in [0.3, 0.4) is 0 Å². The number of nitrogens with zero attached hydrogens (tertiary/aromatic N) is 8. The first-order valence-corrected chi connectivity index (χ1v) is 17.3. The first-order chi connectivity index (χ1) is 15.9. The molecule has 0 fully saturated rings. The zero-order valence-corrected chi connectivity index (χ0v) is 26.5. The van der Waals surface area contributed by atoms with Crippen LogP contribution in [-0.2, 0) is 31.4 Å². The van der Waals surface area contributed by atoms with Crippen molar-refractivity contribution in [1.82, 2.24) is 0 Å². The Morgan fingerprint density at radius 3 is 0.848 bits per heavy atom. The summed E-state index contributed by atoms with van der Waals surface area (Å²) in [7, 11) is 33.4. The Morgan fingerprint density at radius 1 is 0.545 bits per heavy atom. The second-order valence-corrected chi connectivity index (χ2v) is 9.84. The van der Waals surface area contributed by atoms with Crippen molar-refractivity contribution < 1.29 is 31.4 Å². The maximum atomic E-state index is 4.89. The Balaban J connectivity index is -0.000000120. The summed E-state index contributed by atoms with van der Waals surface area (Å²) in [5.41, 5.74) is 0. The predicted octanol–water partition coefficient (Wildman–Crippen LogP) is 4.94. The van der Waals surface area contributed by atoms with E-state index in [2.05, 4.69) is 39.9 Å². The number of aliphatic imine (C=N–C) groups is 8. The Bertz CT molecular complexity index is 480. The van der Waals surface area contributed by atoms with Gasteiger partial charge < -0.3 is 20.0 Å². The van der Waals surface area contributed by atoms with Crippen LogP contribution in [0.1, 0.15) is 6.42 Å². The van der Waals surface area contributed by atoms with E-state index in [1.807, 2.05) is 24.9 Å². The van der Waals surface area contributed by atoms with E-state index in [1.54, 1.807) is 81.2 Å². The quantitative estimate of drug-likeness (QED) is 0.273. The monoisotopic (exact) mass is 615 g/mol. The normalized spacial score (nSPS) is 13.0. The van der Waals surface area contributed by atoms with Crippen molar-refractivity contribution in [1.29, 1.82) is 0 Å². The maximum absolute atomic E-state index is 4.89.